The first-order valence-electron chi connectivity index (χ1n) is 5.07. The Labute approximate surface area is 96.8 Å². The zero-order chi connectivity index (χ0) is 11.5. The van der Waals surface area contributed by atoms with E-state index in [4.69, 9.17) is 9.84 Å². The summed E-state index contributed by atoms with van der Waals surface area (Å²) in [5.74, 6) is -0.141. The molecule has 1 fully saturated rings. The number of hydrogen-bond donors (Lipinski definition) is 2. The molecule has 1 aromatic rings. The summed E-state index contributed by atoms with van der Waals surface area (Å²) in [7, 11) is 0. The summed E-state index contributed by atoms with van der Waals surface area (Å²) in [5, 5.41) is 12.6. The van der Waals surface area contributed by atoms with Crippen molar-refractivity contribution >= 4 is 22.6 Å². The highest BCUT2D eigenvalue weighted by atomic mass is 32.1. The molecule has 2 N–H and O–H groups in total. The van der Waals surface area contributed by atoms with Gasteiger partial charge in [-0.15, -0.1) is 0 Å². The Morgan fingerprint density at radius 2 is 2.50 bits per heavy atom. The first kappa shape index (κ1) is 11.3. The van der Waals surface area contributed by atoms with Crippen molar-refractivity contribution in [3.8, 4) is 0 Å². The topological polar surface area (TPSA) is 84.3 Å². The van der Waals surface area contributed by atoms with E-state index in [1.54, 1.807) is 0 Å². The van der Waals surface area contributed by atoms with Crippen molar-refractivity contribution in [1.29, 1.82) is 0 Å². The van der Waals surface area contributed by atoms with E-state index in [0.717, 1.165) is 17.4 Å². The van der Waals surface area contributed by atoms with E-state index < -0.39 is 12.1 Å². The molecule has 2 unspecified atom stereocenters. The number of rotatable bonds is 4. The number of nitrogens with zero attached hydrogens (tertiary/aromatic N) is 2. The van der Waals surface area contributed by atoms with E-state index in [1.807, 2.05) is 6.92 Å². The van der Waals surface area contributed by atoms with Crippen molar-refractivity contribution < 1.29 is 14.6 Å². The smallest absolute Gasteiger partial charge is 0.332 e. The summed E-state index contributed by atoms with van der Waals surface area (Å²) in [6.07, 6.45) is 0.645. The average Bonchev–Trinajstić information content (AvgIpc) is 2.83. The van der Waals surface area contributed by atoms with Crippen LogP contribution < -0.4 is 5.32 Å². The third-order valence-corrected chi connectivity index (χ3v) is 3.16. The van der Waals surface area contributed by atoms with Gasteiger partial charge in [-0.25, -0.2) is 9.78 Å². The molecule has 16 heavy (non-hydrogen) atoms. The lowest BCUT2D eigenvalue weighted by Crippen LogP contribution is -2.24. The van der Waals surface area contributed by atoms with Gasteiger partial charge in [-0.3, -0.25) is 0 Å². The summed E-state index contributed by atoms with van der Waals surface area (Å²) in [5.41, 5.74) is 0. The number of carboxylic acid groups (broad SMARTS) is 1. The highest BCUT2D eigenvalue weighted by molar-refractivity contribution is 7.09. The Morgan fingerprint density at radius 3 is 3.06 bits per heavy atom. The number of nitrogens with one attached hydrogen (secondary N) is 1. The van der Waals surface area contributed by atoms with Gasteiger partial charge in [-0.05, 0) is 19.8 Å². The minimum atomic E-state index is -0.880. The molecule has 1 aromatic heterocycles. The molecule has 2 atom stereocenters. The predicted molar refractivity (Wildman–Crippen MR) is 58.7 cm³/mol. The van der Waals surface area contributed by atoms with Gasteiger partial charge in [0, 0.05) is 18.1 Å². The van der Waals surface area contributed by atoms with Crippen LogP contribution >= 0.6 is 11.5 Å². The molecule has 1 saturated heterocycles. The van der Waals surface area contributed by atoms with Crippen LogP contribution in [0.2, 0.25) is 0 Å². The van der Waals surface area contributed by atoms with E-state index in [9.17, 15) is 4.79 Å². The summed E-state index contributed by atoms with van der Waals surface area (Å²) >= 11 is 1.30. The second kappa shape index (κ2) is 4.75. The minimum Gasteiger partial charge on any atom is -0.479 e. The SMILES string of the molecule is Cc1nsc(NCC2CCC(C(=O)O)O2)n1. The molecule has 0 saturated carbocycles. The molecule has 1 aliphatic rings. The van der Waals surface area contributed by atoms with Gasteiger partial charge in [0.25, 0.3) is 0 Å². The van der Waals surface area contributed by atoms with Gasteiger partial charge < -0.3 is 15.2 Å². The van der Waals surface area contributed by atoms with Crippen molar-refractivity contribution in [3.63, 3.8) is 0 Å². The number of hydrogen-bond acceptors (Lipinski definition) is 6. The molecule has 2 heterocycles. The molecule has 0 bridgehead atoms. The Hall–Kier alpha value is -1.21. The van der Waals surface area contributed by atoms with Crippen molar-refractivity contribution in [1.82, 2.24) is 9.36 Å². The molecule has 0 spiro atoms. The Balaban J connectivity index is 1.77. The van der Waals surface area contributed by atoms with Crippen LogP contribution in [0.25, 0.3) is 0 Å². The van der Waals surface area contributed by atoms with Crippen molar-refractivity contribution in [2.75, 3.05) is 11.9 Å². The van der Waals surface area contributed by atoms with Gasteiger partial charge in [0.15, 0.2) is 6.10 Å². The lowest BCUT2D eigenvalue weighted by Gasteiger charge is -2.10. The zero-order valence-corrected chi connectivity index (χ0v) is 9.66. The van der Waals surface area contributed by atoms with E-state index in [2.05, 4.69) is 14.7 Å². The fourth-order valence-corrected chi connectivity index (χ4v) is 2.19. The maximum absolute atomic E-state index is 10.7. The fraction of sp³-hybridized carbons (Fsp3) is 0.667. The van der Waals surface area contributed by atoms with Gasteiger partial charge in [0.1, 0.15) is 5.82 Å². The molecule has 0 aromatic carbocycles. The highest BCUT2D eigenvalue weighted by Gasteiger charge is 2.30. The standard InChI is InChI=1S/C9H13N3O3S/c1-5-11-9(16-12-5)10-4-6-2-3-7(15-6)8(13)14/h6-7H,2-4H2,1H3,(H,13,14)(H,10,11,12). The van der Waals surface area contributed by atoms with E-state index in [-0.39, 0.29) is 6.10 Å². The van der Waals surface area contributed by atoms with Crippen molar-refractivity contribution in [3.05, 3.63) is 5.82 Å². The first-order chi connectivity index (χ1) is 7.65. The number of carbonyl (C=O) groups is 1. The third kappa shape index (κ3) is 2.67. The minimum absolute atomic E-state index is 0.0506. The lowest BCUT2D eigenvalue weighted by atomic mass is 10.2. The Morgan fingerprint density at radius 1 is 1.69 bits per heavy atom. The molecule has 0 radical (unpaired) electrons. The maximum atomic E-state index is 10.7. The molecular formula is C9H13N3O3S. The molecule has 7 heteroatoms. The second-order valence-corrected chi connectivity index (χ2v) is 4.44. The number of anilines is 1. The number of carboxylic acids is 1. The average molecular weight is 243 g/mol. The van der Waals surface area contributed by atoms with E-state index >= 15 is 0 Å². The van der Waals surface area contributed by atoms with Crippen molar-refractivity contribution in [2.45, 2.75) is 32.0 Å². The number of aryl methyl sites for hydroxylation is 1. The van der Waals surface area contributed by atoms with Gasteiger partial charge in [-0.2, -0.15) is 4.37 Å². The predicted octanol–water partition coefficient (Wildman–Crippen LogP) is 0.891. The fourth-order valence-electron chi connectivity index (χ4n) is 1.61. The molecule has 6 nitrogen and oxygen atoms in total. The molecule has 1 aliphatic heterocycles. The van der Waals surface area contributed by atoms with Crippen LogP contribution in [0.1, 0.15) is 18.7 Å². The van der Waals surface area contributed by atoms with Crippen molar-refractivity contribution in [2.24, 2.45) is 0 Å². The summed E-state index contributed by atoms with van der Waals surface area (Å²) < 4.78 is 9.38. The highest BCUT2D eigenvalue weighted by Crippen LogP contribution is 2.20. The largest absolute Gasteiger partial charge is 0.479 e. The van der Waals surface area contributed by atoms with Crippen LogP contribution in [0.3, 0.4) is 0 Å². The first-order valence-corrected chi connectivity index (χ1v) is 5.85. The molecule has 0 aliphatic carbocycles. The van der Waals surface area contributed by atoms with Crippen LogP contribution in [0.4, 0.5) is 5.13 Å². The summed E-state index contributed by atoms with van der Waals surface area (Å²) in [6.45, 7) is 2.41. The van der Waals surface area contributed by atoms with Gasteiger partial charge in [0.05, 0.1) is 6.10 Å². The monoisotopic (exact) mass is 243 g/mol. The Bertz CT molecular complexity index is 382. The molecule has 88 valence electrons. The molecular weight excluding hydrogens is 230 g/mol. The quantitative estimate of drug-likeness (QED) is 0.817. The maximum Gasteiger partial charge on any atom is 0.332 e. The van der Waals surface area contributed by atoms with Gasteiger partial charge in [0.2, 0.25) is 5.13 Å². The van der Waals surface area contributed by atoms with Gasteiger partial charge >= 0.3 is 5.97 Å². The normalized spacial score (nSPS) is 24.6. The second-order valence-electron chi connectivity index (χ2n) is 3.69. The summed E-state index contributed by atoms with van der Waals surface area (Å²) in [6, 6.07) is 0. The van der Waals surface area contributed by atoms with Crippen LogP contribution in [-0.4, -0.2) is 39.2 Å². The van der Waals surface area contributed by atoms with E-state index in [1.165, 1.54) is 11.5 Å². The van der Waals surface area contributed by atoms with Crippen LogP contribution in [0, 0.1) is 6.92 Å². The number of ether oxygens (including phenoxy) is 1. The number of aliphatic carboxylic acids is 1. The lowest BCUT2D eigenvalue weighted by molar-refractivity contribution is -0.149. The van der Waals surface area contributed by atoms with Crippen LogP contribution in [-0.2, 0) is 9.53 Å². The van der Waals surface area contributed by atoms with Crippen LogP contribution in [0.5, 0.6) is 0 Å². The van der Waals surface area contributed by atoms with Crippen LogP contribution in [0.15, 0.2) is 0 Å². The molecule has 2 rings (SSSR count). The summed E-state index contributed by atoms with van der Waals surface area (Å²) in [4.78, 5) is 14.8. The zero-order valence-electron chi connectivity index (χ0n) is 8.84. The van der Waals surface area contributed by atoms with Gasteiger partial charge in [-0.1, -0.05) is 0 Å². The Kier molecular flexibility index (Phi) is 3.35. The third-order valence-electron chi connectivity index (χ3n) is 2.39. The number of aromatic nitrogens is 2. The molecule has 0 amide bonds. The van der Waals surface area contributed by atoms with E-state index in [0.29, 0.717) is 13.0 Å².